The zero-order valence-corrected chi connectivity index (χ0v) is 15.6. The topological polar surface area (TPSA) is 84.5 Å². The van der Waals surface area contributed by atoms with Gasteiger partial charge in [-0.15, -0.1) is 0 Å². The lowest BCUT2D eigenvalue weighted by Crippen LogP contribution is -2.35. The van der Waals surface area contributed by atoms with E-state index in [1.54, 1.807) is 24.3 Å². The second kappa shape index (κ2) is 9.94. The van der Waals surface area contributed by atoms with Crippen molar-refractivity contribution in [2.24, 2.45) is 0 Å². The Labute approximate surface area is 154 Å². The number of benzene rings is 2. The number of nitrogens with one attached hydrogen (secondary N) is 2. The monoisotopic (exact) mass is 376 g/mol. The first-order valence-electron chi connectivity index (χ1n) is 8.54. The number of carbonyl (C=O) groups is 1. The van der Waals surface area contributed by atoms with Gasteiger partial charge in [0.05, 0.1) is 17.9 Å². The molecule has 2 aromatic carbocycles. The first-order chi connectivity index (χ1) is 12.5. The van der Waals surface area contributed by atoms with E-state index in [1.165, 1.54) is 0 Å². The zero-order chi connectivity index (χ0) is 18.8. The van der Waals surface area contributed by atoms with Crippen LogP contribution in [0.5, 0.6) is 5.75 Å². The summed E-state index contributed by atoms with van der Waals surface area (Å²) in [6.45, 7) is 2.63. The Bertz CT molecular complexity index is 790. The highest BCUT2D eigenvalue weighted by Crippen LogP contribution is 2.10. The Morgan fingerprint density at radius 3 is 2.35 bits per heavy atom. The lowest BCUT2D eigenvalue weighted by atomic mass is 10.2. The van der Waals surface area contributed by atoms with E-state index in [1.807, 2.05) is 37.3 Å². The first kappa shape index (κ1) is 19.9. The summed E-state index contributed by atoms with van der Waals surface area (Å²) in [5.41, 5.74) is 1.08. The van der Waals surface area contributed by atoms with Gasteiger partial charge in [0.1, 0.15) is 5.75 Å². The van der Waals surface area contributed by atoms with E-state index < -0.39 is 10.0 Å². The molecule has 0 aliphatic rings. The fourth-order valence-electron chi connectivity index (χ4n) is 2.24. The number of amides is 1. The van der Waals surface area contributed by atoms with Crippen LogP contribution in [0.3, 0.4) is 0 Å². The van der Waals surface area contributed by atoms with E-state index >= 15 is 0 Å². The van der Waals surface area contributed by atoms with Crippen LogP contribution < -0.4 is 14.8 Å². The van der Waals surface area contributed by atoms with Crippen LogP contribution in [0.2, 0.25) is 0 Å². The highest BCUT2D eigenvalue weighted by molar-refractivity contribution is 7.89. The number of sulfonamides is 1. The smallest absolute Gasteiger partial charge is 0.240 e. The molecular weight excluding hydrogens is 352 g/mol. The standard InChI is InChI=1S/C19H24N2O4S/c1-2-16-8-10-18(11-9-16)26(23,24)21-14-13-20-19(22)12-15-25-17-6-4-3-5-7-17/h3-11,21H,2,12-15H2,1H3,(H,20,22). The molecule has 0 aromatic heterocycles. The van der Waals surface area contributed by atoms with Gasteiger partial charge in [0.25, 0.3) is 0 Å². The van der Waals surface area contributed by atoms with Crippen molar-refractivity contribution in [1.29, 1.82) is 0 Å². The summed E-state index contributed by atoms with van der Waals surface area (Å²) in [4.78, 5) is 11.9. The Balaban J connectivity index is 1.66. The molecule has 2 rings (SSSR count). The van der Waals surface area contributed by atoms with E-state index in [0.717, 1.165) is 12.0 Å². The average Bonchev–Trinajstić information content (AvgIpc) is 2.66. The average molecular weight is 376 g/mol. The SMILES string of the molecule is CCc1ccc(S(=O)(=O)NCCNC(=O)CCOc2ccccc2)cc1. The number of aryl methyl sites for hydroxylation is 1. The van der Waals surface area contributed by atoms with E-state index in [4.69, 9.17) is 4.74 Å². The van der Waals surface area contributed by atoms with Crippen LogP contribution >= 0.6 is 0 Å². The molecule has 0 aliphatic heterocycles. The van der Waals surface area contributed by atoms with E-state index in [2.05, 4.69) is 10.0 Å². The number of carbonyl (C=O) groups excluding carboxylic acids is 1. The molecule has 0 saturated carbocycles. The zero-order valence-electron chi connectivity index (χ0n) is 14.8. The molecule has 26 heavy (non-hydrogen) atoms. The van der Waals surface area contributed by atoms with E-state index in [9.17, 15) is 13.2 Å². The normalized spacial score (nSPS) is 11.1. The molecule has 0 saturated heterocycles. The van der Waals surface area contributed by atoms with Crippen LogP contribution in [0.15, 0.2) is 59.5 Å². The number of rotatable bonds is 10. The minimum atomic E-state index is -3.56. The molecule has 0 radical (unpaired) electrons. The summed E-state index contributed by atoms with van der Waals surface area (Å²) in [6, 6.07) is 16.0. The molecular formula is C19H24N2O4S. The van der Waals surface area contributed by atoms with Gasteiger partial charge in [0.2, 0.25) is 15.9 Å². The quantitative estimate of drug-likeness (QED) is 0.622. The lowest BCUT2D eigenvalue weighted by Gasteiger charge is -2.09. The van der Waals surface area contributed by atoms with E-state index in [0.29, 0.717) is 5.75 Å². The van der Waals surface area contributed by atoms with Crippen molar-refractivity contribution in [3.8, 4) is 5.75 Å². The molecule has 0 atom stereocenters. The van der Waals surface area contributed by atoms with E-state index in [-0.39, 0.29) is 36.9 Å². The molecule has 7 heteroatoms. The summed E-state index contributed by atoms with van der Waals surface area (Å²) in [5, 5.41) is 2.67. The lowest BCUT2D eigenvalue weighted by molar-refractivity contribution is -0.121. The minimum Gasteiger partial charge on any atom is -0.493 e. The Hall–Kier alpha value is -2.38. The van der Waals surface area contributed by atoms with Gasteiger partial charge in [0, 0.05) is 13.1 Å². The van der Waals surface area contributed by atoms with Crippen LogP contribution in [0.25, 0.3) is 0 Å². The Morgan fingerprint density at radius 2 is 1.69 bits per heavy atom. The van der Waals surface area contributed by atoms with Crippen LogP contribution in [0.4, 0.5) is 0 Å². The van der Waals surface area contributed by atoms with Crippen molar-refractivity contribution in [3.05, 3.63) is 60.2 Å². The van der Waals surface area contributed by atoms with Crippen molar-refractivity contribution < 1.29 is 17.9 Å². The maximum atomic E-state index is 12.2. The summed E-state index contributed by atoms with van der Waals surface area (Å²) >= 11 is 0. The van der Waals surface area contributed by atoms with Gasteiger partial charge in [-0.2, -0.15) is 0 Å². The van der Waals surface area contributed by atoms with Crippen molar-refractivity contribution in [2.45, 2.75) is 24.7 Å². The van der Waals surface area contributed by atoms with Gasteiger partial charge in [-0.3, -0.25) is 4.79 Å². The molecule has 0 spiro atoms. The predicted molar refractivity (Wildman–Crippen MR) is 101 cm³/mol. The molecule has 0 fully saturated rings. The van der Waals surface area contributed by atoms with Crippen molar-refractivity contribution >= 4 is 15.9 Å². The molecule has 2 N–H and O–H groups in total. The summed E-state index contributed by atoms with van der Waals surface area (Å²) in [6.07, 6.45) is 1.06. The van der Waals surface area contributed by atoms with Gasteiger partial charge in [-0.25, -0.2) is 13.1 Å². The number of ether oxygens (including phenoxy) is 1. The van der Waals surface area contributed by atoms with Gasteiger partial charge in [-0.1, -0.05) is 37.3 Å². The van der Waals surface area contributed by atoms with Crippen molar-refractivity contribution in [3.63, 3.8) is 0 Å². The Morgan fingerprint density at radius 1 is 1.00 bits per heavy atom. The van der Waals surface area contributed by atoms with Gasteiger partial charge in [0.15, 0.2) is 0 Å². The third kappa shape index (κ3) is 6.50. The first-order valence-corrected chi connectivity index (χ1v) is 10.0. The molecule has 0 unspecified atom stereocenters. The van der Waals surface area contributed by atoms with Gasteiger partial charge < -0.3 is 10.1 Å². The maximum absolute atomic E-state index is 12.2. The van der Waals surface area contributed by atoms with Crippen molar-refractivity contribution in [1.82, 2.24) is 10.0 Å². The van der Waals surface area contributed by atoms with Crippen LogP contribution in [-0.2, 0) is 21.2 Å². The molecule has 0 aliphatic carbocycles. The molecule has 0 bridgehead atoms. The Kier molecular flexibility index (Phi) is 7.62. The van der Waals surface area contributed by atoms with Crippen LogP contribution in [0, 0.1) is 0 Å². The highest BCUT2D eigenvalue weighted by Gasteiger charge is 2.13. The third-order valence-electron chi connectivity index (χ3n) is 3.72. The van der Waals surface area contributed by atoms with Crippen LogP contribution in [-0.4, -0.2) is 34.0 Å². The van der Waals surface area contributed by atoms with Crippen molar-refractivity contribution in [2.75, 3.05) is 19.7 Å². The highest BCUT2D eigenvalue weighted by atomic mass is 32.2. The molecule has 6 nitrogen and oxygen atoms in total. The largest absolute Gasteiger partial charge is 0.493 e. The number of hydrogen-bond acceptors (Lipinski definition) is 4. The van der Waals surface area contributed by atoms with Crippen LogP contribution in [0.1, 0.15) is 18.9 Å². The predicted octanol–water partition coefficient (Wildman–Crippen LogP) is 2.11. The van der Waals surface area contributed by atoms with Gasteiger partial charge >= 0.3 is 0 Å². The summed E-state index contributed by atoms with van der Waals surface area (Å²) in [7, 11) is -3.56. The van der Waals surface area contributed by atoms with Gasteiger partial charge in [-0.05, 0) is 36.2 Å². The number of para-hydroxylation sites is 1. The minimum absolute atomic E-state index is 0.128. The third-order valence-corrected chi connectivity index (χ3v) is 5.20. The summed E-state index contributed by atoms with van der Waals surface area (Å²) < 4.78 is 32.2. The summed E-state index contributed by atoms with van der Waals surface area (Å²) in [5.74, 6) is 0.523. The molecule has 1 amide bonds. The molecule has 140 valence electrons. The number of hydrogen-bond donors (Lipinski definition) is 2. The second-order valence-electron chi connectivity index (χ2n) is 5.66. The fraction of sp³-hybridized carbons (Fsp3) is 0.316. The molecule has 0 heterocycles. The second-order valence-corrected chi connectivity index (χ2v) is 7.42. The maximum Gasteiger partial charge on any atom is 0.240 e. The fourth-order valence-corrected chi connectivity index (χ4v) is 3.27. The molecule has 2 aromatic rings.